The fourth-order valence-corrected chi connectivity index (χ4v) is 3.03. The molecule has 2 rings (SSSR count). The fraction of sp³-hybridized carbons (Fsp3) is 0.600. The molecule has 3 nitrogen and oxygen atoms in total. The number of methoxy groups -OCH3 is 2. The molecule has 0 radical (unpaired) electrons. The van der Waals surface area contributed by atoms with E-state index in [1.54, 1.807) is 18.2 Å². The Morgan fingerprint density at radius 3 is 2.52 bits per heavy atom. The highest BCUT2D eigenvalue weighted by Gasteiger charge is 2.47. The van der Waals surface area contributed by atoms with Gasteiger partial charge in [-0.25, -0.2) is 0 Å². The molecule has 1 fully saturated rings. The van der Waals surface area contributed by atoms with Gasteiger partial charge in [0, 0.05) is 11.1 Å². The second kappa shape index (κ2) is 5.75. The van der Waals surface area contributed by atoms with Crippen molar-refractivity contribution in [3.05, 3.63) is 23.8 Å². The summed E-state index contributed by atoms with van der Waals surface area (Å²) >= 11 is 0. The zero-order valence-electron chi connectivity index (χ0n) is 12.2. The SMILES string of the molecule is COc1ccc(OC)c(C2(N)CCCC(C(F)(F)F)C2)c1. The van der Waals surface area contributed by atoms with Crippen molar-refractivity contribution in [2.75, 3.05) is 14.2 Å². The van der Waals surface area contributed by atoms with Crippen molar-refractivity contribution in [1.82, 2.24) is 0 Å². The average molecular weight is 303 g/mol. The molecule has 1 aliphatic rings. The molecule has 118 valence electrons. The number of nitrogens with two attached hydrogens (primary N) is 1. The average Bonchev–Trinajstić information content (AvgIpc) is 2.45. The van der Waals surface area contributed by atoms with E-state index in [0.29, 0.717) is 29.9 Å². The lowest BCUT2D eigenvalue weighted by Crippen LogP contribution is -2.45. The zero-order valence-corrected chi connectivity index (χ0v) is 12.2. The molecule has 0 bridgehead atoms. The van der Waals surface area contributed by atoms with Gasteiger partial charge < -0.3 is 15.2 Å². The van der Waals surface area contributed by atoms with Crippen LogP contribution in [0.25, 0.3) is 0 Å². The molecule has 0 aromatic heterocycles. The minimum absolute atomic E-state index is 0.125. The van der Waals surface area contributed by atoms with Crippen molar-refractivity contribution in [3.8, 4) is 11.5 Å². The molecular formula is C15H20F3NO2. The first-order chi connectivity index (χ1) is 9.80. The summed E-state index contributed by atoms with van der Waals surface area (Å²) in [5.74, 6) is -0.307. The van der Waals surface area contributed by atoms with Crippen LogP contribution in [0.3, 0.4) is 0 Å². The Hall–Kier alpha value is -1.43. The van der Waals surface area contributed by atoms with Crippen LogP contribution in [0.4, 0.5) is 13.2 Å². The van der Waals surface area contributed by atoms with E-state index < -0.39 is 17.6 Å². The van der Waals surface area contributed by atoms with E-state index in [1.807, 2.05) is 0 Å². The number of ether oxygens (including phenoxy) is 2. The lowest BCUT2D eigenvalue weighted by Gasteiger charge is -2.39. The van der Waals surface area contributed by atoms with Gasteiger partial charge in [-0.05, 0) is 37.5 Å². The molecule has 1 aromatic rings. The van der Waals surface area contributed by atoms with Gasteiger partial charge in [0.2, 0.25) is 0 Å². The molecule has 0 spiro atoms. The third-order valence-electron chi connectivity index (χ3n) is 4.19. The second-order valence-corrected chi connectivity index (χ2v) is 5.56. The van der Waals surface area contributed by atoms with Crippen molar-refractivity contribution < 1.29 is 22.6 Å². The molecule has 0 aliphatic heterocycles. The van der Waals surface area contributed by atoms with Gasteiger partial charge in [0.25, 0.3) is 0 Å². The molecule has 0 heterocycles. The second-order valence-electron chi connectivity index (χ2n) is 5.56. The third-order valence-corrected chi connectivity index (χ3v) is 4.19. The van der Waals surface area contributed by atoms with Crippen LogP contribution in [0.2, 0.25) is 0 Å². The molecule has 1 aromatic carbocycles. The van der Waals surface area contributed by atoms with Gasteiger partial charge in [0.1, 0.15) is 11.5 Å². The molecule has 0 saturated heterocycles. The lowest BCUT2D eigenvalue weighted by atomic mass is 9.72. The maximum Gasteiger partial charge on any atom is 0.391 e. The van der Waals surface area contributed by atoms with Gasteiger partial charge in [-0.2, -0.15) is 13.2 Å². The molecular weight excluding hydrogens is 283 g/mol. The minimum atomic E-state index is -4.21. The van der Waals surface area contributed by atoms with Crippen LogP contribution < -0.4 is 15.2 Å². The van der Waals surface area contributed by atoms with Crippen molar-refractivity contribution in [1.29, 1.82) is 0 Å². The molecule has 1 saturated carbocycles. The number of hydrogen-bond donors (Lipinski definition) is 1. The van der Waals surface area contributed by atoms with E-state index in [-0.39, 0.29) is 12.8 Å². The van der Waals surface area contributed by atoms with Gasteiger partial charge in [-0.15, -0.1) is 0 Å². The van der Waals surface area contributed by atoms with Gasteiger partial charge in [-0.1, -0.05) is 6.42 Å². The van der Waals surface area contributed by atoms with Crippen LogP contribution in [0, 0.1) is 5.92 Å². The molecule has 2 N–H and O–H groups in total. The molecule has 2 unspecified atom stereocenters. The monoisotopic (exact) mass is 303 g/mol. The van der Waals surface area contributed by atoms with Crippen LogP contribution in [-0.4, -0.2) is 20.4 Å². The summed E-state index contributed by atoms with van der Waals surface area (Å²) in [4.78, 5) is 0. The minimum Gasteiger partial charge on any atom is -0.497 e. The van der Waals surface area contributed by atoms with E-state index in [2.05, 4.69) is 0 Å². The van der Waals surface area contributed by atoms with Crippen molar-refractivity contribution >= 4 is 0 Å². The molecule has 6 heteroatoms. The third kappa shape index (κ3) is 3.26. The highest BCUT2D eigenvalue weighted by atomic mass is 19.4. The number of benzene rings is 1. The normalized spacial score (nSPS) is 26.5. The Labute approximate surface area is 122 Å². The standard InChI is InChI=1S/C15H20F3NO2/c1-20-11-5-6-13(21-2)12(8-11)14(19)7-3-4-10(9-14)15(16,17)18/h5-6,8,10H,3-4,7,9,19H2,1-2H3. The van der Waals surface area contributed by atoms with E-state index in [9.17, 15) is 13.2 Å². The highest BCUT2D eigenvalue weighted by Crippen LogP contribution is 2.47. The molecule has 0 amide bonds. The Morgan fingerprint density at radius 1 is 1.24 bits per heavy atom. The van der Waals surface area contributed by atoms with Crippen LogP contribution in [0.15, 0.2) is 18.2 Å². The van der Waals surface area contributed by atoms with Crippen molar-refractivity contribution in [3.63, 3.8) is 0 Å². The summed E-state index contributed by atoms with van der Waals surface area (Å²) < 4.78 is 49.5. The van der Waals surface area contributed by atoms with Crippen LogP contribution in [-0.2, 0) is 5.54 Å². The van der Waals surface area contributed by atoms with E-state index >= 15 is 0 Å². The first-order valence-electron chi connectivity index (χ1n) is 6.88. The quantitative estimate of drug-likeness (QED) is 0.927. The van der Waals surface area contributed by atoms with Gasteiger partial charge in [0.05, 0.1) is 20.1 Å². The Morgan fingerprint density at radius 2 is 1.95 bits per heavy atom. The highest BCUT2D eigenvalue weighted by molar-refractivity contribution is 5.44. The number of rotatable bonds is 3. The Kier molecular flexibility index (Phi) is 4.37. The Bertz CT molecular complexity index is 504. The first kappa shape index (κ1) is 15.9. The zero-order chi connectivity index (χ0) is 15.7. The van der Waals surface area contributed by atoms with E-state index in [1.165, 1.54) is 14.2 Å². The molecule has 1 aliphatic carbocycles. The number of halogens is 3. The summed E-state index contributed by atoms with van der Waals surface area (Å²) in [5, 5.41) is 0. The lowest BCUT2D eigenvalue weighted by molar-refractivity contribution is -0.187. The summed E-state index contributed by atoms with van der Waals surface area (Å²) in [6, 6.07) is 5.06. The summed E-state index contributed by atoms with van der Waals surface area (Å²) in [6.45, 7) is 0. The van der Waals surface area contributed by atoms with Crippen molar-refractivity contribution in [2.24, 2.45) is 11.7 Å². The van der Waals surface area contributed by atoms with Gasteiger partial charge in [-0.3, -0.25) is 0 Å². The summed E-state index contributed by atoms with van der Waals surface area (Å²) in [7, 11) is 2.99. The Balaban J connectivity index is 2.38. The largest absolute Gasteiger partial charge is 0.497 e. The summed E-state index contributed by atoms with van der Waals surface area (Å²) in [6.07, 6.45) is -3.25. The summed E-state index contributed by atoms with van der Waals surface area (Å²) in [5.41, 5.74) is 5.87. The maximum absolute atomic E-state index is 13.0. The number of hydrogen-bond acceptors (Lipinski definition) is 3. The fourth-order valence-electron chi connectivity index (χ4n) is 3.03. The predicted octanol–water partition coefficient (Wildman–Crippen LogP) is 3.61. The smallest absolute Gasteiger partial charge is 0.391 e. The van der Waals surface area contributed by atoms with Crippen LogP contribution in [0.5, 0.6) is 11.5 Å². The number of alkyl halides is 3. The molecule has 2 atom stereocenters. The van der Waals surface area contributed by atoms with E-state index in [0.717, 1.165) is 0 Å². The van der Waals surface area contributed by atoms with Gasteiger partial charge in [0.15, 0.2) is 0 Å². The van der Waals surface area contributed by atoms with Crippen molar-refractivity contribution in [2.45, 2.75) is 37.4 Å². The van der Waals surface area contributed by atoms with Gasteiger partial charge >= 0.3 is 6.18 Å². The van der Waals surface area contributed by atoms with Crippen LogP contribution in [0.1, 0.15) is 31.2 Å². The van der Waals surface area contributed by atoms with E-state index in [4.69, 9.17) is 15.2 Å². The van der Waals surface area contributed by atoms with Crippen LogP contribution >= 0.6 is 0 Å². The maximum atomic E-state index is 13.0. The first-order valence-corrected chi connectivity index (χ1v) is 6.88. The topological polar surface area (TPSA) is 44.5 Å². The predicted molar refractivity (Wildman–Crippen MR) is 73.4 cm³/mol. The molecule has 21 heavy (non-hydrogen) atoms.